The minimum Gasteiger partial charge on any atom is -0.369 e. The van der Waals surface area contributed by atoms with Gasteiger partial charge in [-0.15, -0.1) is 0 Å². The molecule has 1 heterocycles. The number of aryl methyl sites for hydroxylation is 1. The summed E-state index contributed by atoms with van der Waals surface area (Å²) in [5.41, 5.74) is 9.39. The van der Waals surface area contributed by atoms with Crippen LogP contribution in [0.2, 0.25) is 0 Å². The molecule has 17 heavy (non-hydrogen) atoms. The SMILES string of the molecule is Cc1ccc2nc(N)n(CC(C)C(C)C)c2c1. The molecular formula is C14H21N3. The monoisotopic (exact) mass is 231 g/mol. The van der Waals surface area contributed by atoms with E-state index in [0.717, 1.165) is 17.6 Å². The lowest BCUT2D eigenvalue weighted by atomic mass is 9.98. The summed E-state index contributed by atoms with van der Waals surface area (Å²) in [5, 5.41) is 0. The van der Waals surface area contributed by atoms with Crippen LogP contribution in [-0.4, -0.2) is 9.55 Å². The molecule has 3 heteroatoms. The van der Waals surface area contributed by atoms with Crippen molar-refractivity contribution in [2.75, 3.05) is 5.73 Å². The van der Waals surface area contributed by atoms with Crippen molar-refractivity contribution in [3.05, 3.63) is 23.8 Å². The fourth-order valence-corrected chi connectivity index (χ4v) is 1.94. The minimum absolute atomic E-state index is 0.593. The van der Waals surface area contributed by atoms with Crippen LogP contribution >= 0.6 is 0 Å². The van der Waals surface area contributed by atoms with Crippen molar-refractivity contribution in [1.29, 1.82) is 0 Å². The van der Waals surface area contributed by atoms with Gasteiger partial charge in [-0.05, 0) is 36.5 Å². The normalized spacial score (nSPS) is 13.5. The molecule has 0 fully saturated rings. The first-order valence-corrected chi connectivity index (χ1v) is 6.21. The van der Waals surface area contributed by atoms with Gasteiger partial charge in [0, 0.05) is 6.54 Å². The van der Waals surface area contributed by atoms with E-state index in [1.165, 1.54) is 5.56 Å². The van der Waals surface area contributed by atoms with Crippen LogP contribution in [-0.2, 0) is 6.54 Å². The molecule has 0 bridgehead atoms. The third kappa shape index (κ3) is 2.28. The first-order valence-electron chi connectivity index (χ1n) is 6.21. The molecule has 1 atom stereocenters. The van der Waals surface area contributed by atoms with Crippen LogP contribution in [0.1, 0.15) is 26.3 Å². The van der Waals surface area contributed by atoms with Gasteiger partial charge in [0.15, 0.2) is 0 Å². The zero-order chi connectivity index (χ0) is 12.6. The Hall–Kier alpha value is -1.51. The van der Waals surface area contributed by atoms with Gasteiger partial charge < -0.3 is 10.3 Å². The second kappa shape index (κ2) is 4.40. The lowest BCUT2D eigenvalue weighted by Gasteiger charge is -2.17. The topological polar surface area (TPSA) is 43.8 Å². The van der Waals surface area contributed by atoms with Crippen molar-refractivity contribution in [3.8, 4) is 0 Å². The minimum atomic E-state index is 0.593. The summed E-state index contributed by atoms with van der Waals surface area (Å²) in [7, 11) is 0. The highest BCUT2D eigenvalue weighted by Crippen LogP contribution is 2.22. The summed E-state index contributed by atoms with van der Waals surface area (Å²) in [6.07, 6.45) is 0. The Balaban J connectivity index is 2.45. The van der Waals surface area contributed by atoms with Crippen LogP contribution in [0.25, 0.3) is 11.0 Å². The number of benzene rings is 1. The van der Waals surface area contributed by atoms with Crippen molar-refractivity contribution < 1.29 is 0 Å². The molecule has 0 spiro atoms. The van der Waals surface area contributed by atoms with Crippen molar-refractivity contribution in [1.82, 2.24) is 9.55 Å². The quantitative estimate of drug-likeness (QED) is 0.881. The van der Waals surface area contributed by atoms with Crippen molar-refractivity contribution in [3.63, 3.8) is 0 Å². The zero-order valence-corrected chi connectivity index (χ0v) is 11.1. The molecule has 0 radical (unpaired) electrons. The molecule has 1 unspecified atom stereocenters. The van der Waals surface area contributed by atoms with Crippen LogP contribution < -0.4 is 5.73 Å². The molecule has 0 amide bonds. The van der Waals surface area contributed by atoms with Gasteiger partial charge in [-0.2, -0.15) is 0 Å². The van der Waals surface area contributed by atoms with Gasteiger partial charge in [0.25, 0.3) is 0 Å². The third-order valence-electron chi connectivity index (χ3n) is 3.54. The molecular weight excluding hydrogens is 210 g/mol. The molecule has 3 nitrogen and oxygen atoms in total. The summed E-state index contributed by atoms with van der Waals surface area (Å²) in [6, 6.07) is 6.27. The first kappa shape index (κ1) is 12.0. The van der Waals surface area contributed by atoms with E-state index < -0.39 is 0 Å². The molecule has 1 aromatic carbocycles. The number of rotatable bonds is 3. The largest absolute Gasteiger partial charge is 0.369 e. The average Bonchev–Trinajstić information content (AvgIpc) is 2.55. The highest BCUT2D eigenvalue weighted by atomic mass is 15.2. The van der Waals surface area contributed by atoms with E-state index in [4.69, 9.17) is 5.73 Å². The smallest absolute Gasteiger partial charge is 0.201 e. The van der Waals surface area contributed by atoms with Crippen LogP contribution in [0.15, 0.2) is 18.2 Å². The Morgan fingerprint density at radius 1 is 1.29 bits per heavy atom. The fourth-order valence-electron chi connectivity index (χ4n) is 1.94. The van der Waals surface area contributed by atoms with Gasteiger partial charge in [0.2, 0.25) is 5.95 Å². The standard InChI is InChI=1S/C14H21N3/c1-9(2)11(4)8-17-13-7-10(3)5-6-12(13)16-14(17)15/h5-7,9,11H,8H2,1-4H3,(H2,15,16). The van der Waals surface area contributed by atoms with Gasteiger partial charge in [0.1, 0.15) is 0 Å². The van der Waals surface area contributed by atoms with E-state index >= 15 is 0 Å². The van der Waals surface area contributed by atoms with Crippen LogP contribution in [0, 0.1) is 18.8 Å². The summed E-state index contributed by atoms with van der Waals surface area (Å²) >= 11 is 0. The first-order chi connectivity index (χ1) is 7.99. The molecule has 0 aliphatic carbocycles. The van der Waals surface area contributed by atoms with Gasteiger partial charge >= 0.3 is 0 Å². The lowest BCUT2D eigenvalue weighted by molar-refractivity contribution is 0.371. The molecule has 2 N–H and O–H groups in total. The molecule has 92 valence electrons. The number of fused-ring (bicyclic) bond motifs is 1. The summed E-state index contributed by atoms with van der Waals surface area (Å²) in [6.45, 7) is 9.77. The maximum absolute atomic E-state index is 6.00. The van der Waals surface area contributed by atoms with E-state index in [9.17, 15) is 0 Å². The third-order valence-corrected chi connectivity index (χ3v) is 3.54. The second-order valence-corrected chi connectivity index (χ2v) is 5.29. The summed E-state index contributed by atoms with van der Waals surface area (Å²) in [5.74, 6) is 1.87. The number of nitrogens with two attached hydrogens (primary N) is 1. The maximum atomic E-state index is 6.00. The molecule has 0 saturated carbocycles. The Labute approximate surface area is 103 Å². The van der Waals surface area contributed by atoms with Gasteiger partial charge in [-0.1, -0.05) is 26.8 Å². The van der Waals surface area contributed by atoms with Crippen LogP contribution in [0.3, 0.4) is 0 Å². The number of anilines is 1. The van der Waals surface area contributed by atoms with E-state index in [0.29, 0.717) is 17.8 Å². The fraction of sp³-hybridized carbons (Fsp3) is 0.500. The maximum Gasteiger partial charge on any atom is 0.201 e. The Bertz CT molecular complexity index is 525. The molecule has 2 aromatic rings. The number of nitrogens with zero attached hydrogens (tertiary/aromatic N) is 2. The van der Waals surface area contributed by atoms with Crippen molar-refractivity contribution in [2.24, 2.45) is 11.8 Å². The molecule has 1 aromatic heterocycles. The summed E-state index contributed by atoms with van der Waals surface area (Å²) in [4.78, 5) is 4.41. The van der Waals surface area contributed by atoms with Crippen molar-refractivity contribution >= 4 is 17.0 Å². The summed E-state index contributed by atoms with van der Waals surface area (Å²) < 4.78 is 2.13. The predicted octanol–water partition coefficient (Wildman–Crippen LogP) is 3.22. The highest BCUT2D eigenvalue weighted by molar-refractivity contribution is 5.79. The number of hydrogen-bond acceptors (Lipinski definition) is 2. The lowest BCUT2D eigenvalue weighted by Crippen LogP contribution is -2.14. The molecule has 2 rings (SSSR count). The Morgan fingerprint density at radius 2 is 2.00 bits per heavy atom. The number of aromatic nitrogens is 2. The number of nitrogen functional groups attached to an aromatic ring is 1. The zero-order valence-electron chi connectivity index (χ0n) is 11.1. The average molecular weight is 231 g/mol. The van der Waals surface area contributed by atoms with Gasteiger partial charge in [0.05, 0.1) is 11.0 Å². The Kier molecular flexibility index (Phi) is 3.09. The van der Waals surface area contributed by atoms with E-state index in [1.54, 1.807) is 0 Å². The van der Waals surface area contributed by atoms with E-state index in [-0.39, 0.29) is 0 Å². The number of imidazole rings is 1. The number of hydrogen-bond donors (Lipinski definition) is 1. The van der Waals surface area contributed by atoms with E-state index in [1.807, 2.05) is 6.07 Å². The Morgan fingerprint density at radius 3 is 2.65 bits per heavy atom. The second-order valence-electron chi connectivity index (χ2n) is 5.29. The van der Waals surface area contributed by atoms with Crippen LogP contribution in [0.4, 0.5) is 5.95 Å². The molecule has 0 aliphatic rings. The molecule has 0 saturated heterocycles. The van der Waals surface area contributed by atoms with E-state index in [2.05, 4.69) is 49.4 Å². The van der Waals surface area contributed by atoms with Crippen molar-refractivity contribution in [2.45, 2.75) is 34.2 Å². The van der Waals surface area contributed by atoms with Gasteiger partial charge in [-0.25, -0.2) is 4.98 Å². The predicted molar refractivity (Wildman–Crippen MR) is 72.9 cm³/mol. The van der Waals surface area contributed by atoms with Gasteiger partial charge in [-0.3, -0.25) is 0 Å². The highest BCUT2D eigenvalue weighted by Gasteiger charge is 2.13. The molecule has 0 aliphatic heterocycles. The van der Waals surface area contributed by atoms with Crippen LogP contribution in [0.5, 0.6) is 0 Å².